The molecule has 0 atom stereocenters. The number of anilines is 1. The molecule has 0 bridgehead atoms. The summed E-state index contributed by atoms with van der Waals surface area (Å²) in [6.07, 6.45) is 5.97. The highest BCUT2D eigenvalue weighted by Gasteiger charge is 2.11. The van der Waals surface area contributed by atoms with E-state index in [9.17, 15) is 0 Å². The van der Waals surface area contributed by atoms with Crippen LogP contribution in [0.25, 0.3) is 22.6 Å². The van der Waals surface area contributed by atoms with E-state index in [-0.39, 0.29) is 0 Å². The molecule has 0 fully saturated rings. The molecule has 3 heterocycles. The van der Waals surface area contributed by atoms with E-state index < -0.39 is 0 Å². The summed E-state index contributed by atoms with van der Waals surface area (Å²) in [7, 11) is 0. The Morgan fingerprint density at radius 1 is 1.00 bits per heavy atom. The van der Waals surface area contributed by atoms with Gasteiger partial charge in [-0.2, -0.15) is 0 Å². The van der Waals surface area contributed by atoms with Gasteiger partial charge in [-0.25, -0.2) is 19.9 Å². The second kappa shape index (κ2) is 5.88. The largest absolute Gasteiger partial charge is 0.368 e. The zero-order valence-electron chi connectivity index (χ0n) is 12.3. The van der Waals surface area contributed by atoms with E-state index in [4.69, 9.17) is 0 Å². The van der Waals surface area contributed by atoms with Crippen molar-refractivity contribution in [2.24, 2.45) is 0 Å². The molecule has 0 aliphatic carbocycles. The number of imidazole rings is 2. The van der Waals surface area contributed by atoms with E-state index >= 15 is 0 Å². The van der Waals surface area contributed by atoms with Crippen LogP contribution in [-0.4, -0.2) is 36.4 Å². The third kappa shape index (κ3) is 2.76. The van der Waals surface area contributed by atoms with Gasteiger partial charge >= 0.3 is 0 Å². The predicted molar refractivity (Wildman–Crippen MR) is 87.9 cm³/mol. The monoisotopic (exact) mass is 305 g/mol. The number of nitrogens with one attached hydrogen (secondary N) is 3. The third-order valence-electron chi connectivity index (χ3n) is 3.56. The molecular weight excluding hydrogens is 290 g/mol. The fourth-order valence-corrected chi connectivity index (χ4v) is 2.41. The summed E-state index contributed by atoms with van der Waals surface area (Å²) in [6, 6.07) is 9.89. The highest BCUT2D eigenvalue weighted by molar-refractivity contribution is 5.84. The summed E-state index contributed by atoms with van der Waals surface area (Å²) in [5.74, 6) is 1.42. The van der Waals surface area contributed by atoms with Gasteiger partial charge in [0.05, 0.1) is 12.7 Å². The highest BCUT2D eigenvalue weighted by Crippen LogP contribution is 2.22. The third-order valence-corrected chi connectivity index (χ3v) is 3.56. The molecule has 0 saturated carbocycles. The number of H-pyrrole nitrogens is 2. The summed E-state index contributed by atoms with van der Waals surface area (Å²) in [5.41, 5.74) is 3.52. The van der Waals surface area contributed by atoms with Crippen LogP contribution in [0, 0.1) is 0 Å². The fraction of sp³-hybridized carbons (Fsp3) is 0.125. The van der Waals surface area contributed by atoms with Crippen molar-refractivity contribution < 1.29 is 0 Å². The Hall–Kier alpha value is -3.22. The summed E-state index contributed by atoms with van der Waals surface area (Å²) in [4.78, 5) is 23.6. The van der Waals surface area contributed by atoms with Crippen LogP contribution in [0.3, 0.4) is 0 Å². The van der Waals surface area contributed by atoms with Crippen LogP contribution in [0.2, 0.25) is 0 Å². The standard InChI is InChI=1S/C16H15N7/c1-2-4-11(5-3-1)14-22-15(13-16(23-14)21-10-20-13)18-7-6-12-8-17-9-19-12/h1-5,8-10H,6-7H2,(H,17,19)(H2,18,20,21,22,23). The van der Waals surface area contributed by atoms with Gasteiger partial charge in [0.2, 0.25) is 0 Å². The minimum atomic E-state index is 0.655. The van der Waals surface area contributed by atoms with Crippen molar-refractivity contribution in [2.45, 2.75) is 6.42 Å². The Morgan fingerprint density at radius 2 is 1.91 bits per heavy atom. The van der Waals surface area contributed by atoms with Gasteiger partial charge in [0.25, 0.3) is 0 Å². The van der Waals surface area contributed by atoms with Crippen molar-refractivity contribution in [1.82, 2.24) is 29.9 Å². The lowest BCUT2D eigenvalue weighted by Gasteiger charge is -2.08. The molecule has 0 radical (unpaired) electrons. The quantitative estimate of drug-likeness (QED) is 0.526. The van der Waals surface area contributed by atoms with Crippen LogP contribution < -0.4 is 5.32 Å². The molecular formula is C16H15N7. The maximum absolute atomic E-state index is 4.64. The van der Waals surface area contributed by atoms with E-state index in [2.05, 4.69) is 35.2 Å². The SMILES string of the molecule is c1ccc(-c2nc(NCCc3cnc[nH]3)c3[nH]cnc3n2)cc1. The second-order valence-corrected chi connectivity index (χ2v) is 5.12. The summed E-state index contributed by atoms with van der Waals surface area (Å²) in [6.45, 7) is 0.738. The van der Waals surface area contributed by atoms with Crippen molar-refractivity contribution in [3.63, 3.8) is 0 Å². The van der Waals surface area contributed by atoms with E-state index in [1.54, 1.807) is 12.7 Å². The highest BCUT2D eigenvalue weighted by atomic mass is 15.1. The lowest BCUT2D eigenvalue weighted by Crippen LogP contribution is -2.08. The maximum Gasteiger partial charge on any atom is 0.183 e. The number of hydrogen-bond donors (Lipinski definition) is 3. The number of aromatic nitrogens is 6. The number of benzene rings is 1. The Balaban J connectivity index is 1.63. The van der Waals surface area contributed by atoms with Crippen LogP contribution in [0.5, 0.6) is 0 Å². The maximum atomic E-state index is 4.64. The zero-order chi connectivity index (χ0) is 15.5. The Morgan fingerprint density at radius 3 is 2.74 bits per heavy atom. The van der Waals surface area contributed by atoms with E-state index in [0.29, 0.717) is 11.5 Å². The van der Waals surface area contributed by atoms with Gasteiger partial charge in [0, 0.05) is 30.4 Å². The molecule has 0 aliphatic rings. The first-order valence-electron chi connectivity index (χ1n) is 7.38. The van der Waals surface area contributed by atoms with Gasteiger partial charge in [-0.15, -0.1) is 0 Å². The van der Waals surface area contributed by atoms with Gasteiger partial charge in [-0.3, -0.25) is 0 Å². The van der Waals surface area contributed by atoms with Crippen LogP contribution in [0.1, 0.15) is 5.69 Å². The lowest BCUT2D eigenvalue weighted by atomic mass is 10.2. The summed E-state index contributed by atoms with van der Waals surface area (Å²) in [5, 5.41) is 3.35. The van der Waals surface area contributed by atoms with Gasteiger partial charge in [-0.05, 0) is 0 Å². The van der Waals surface area contributed by atoms with Gasteiger partial charge < -0.3 is 15.3 Å². The molecule has 7 nitrogen and oxygen atoms in total. The molecule has 0 unspecified atom stereocenters. The van der Waals surface area contributed by atoms with Crippen molar-refractivity contribution in [2.75, 3.05) is 11.9 Å². The Bertz CT molecular complexity index is 897. The molecule has 3 N–H and O–H groups in total. The van der Waals surface area contributed by atoms with E-state index in [0.717, 1.165) is 35.6 Å². The Kier molecular flexibility index (Phi) is 3.44. The fourth-order valence-electron chi connectivity index (χ4n) is 2.41. The molecule has 3 aromatic heterocycles. The van der Waals surface area contributed by atoms with Gasteiger partial charge in [-0.1, -0.05) is 30.3 Å². The van der Waals surface area contributed by atoms with Crippen LogP contribution in [0.15, 0.2) is 49.2 Å². The number of hydrogen-bond acceptors (Lipinski definition) is 5. The predicted octanol–water partition coefficient (Wildman–Crippen LogP) is 2.40. The molecule has 4 rings (SSSR count). The minimum Gasteiger partial charge on any atom is -0.368 e. The first-order chi connectivity index (χ1) is 11.4. The number of aromatic amines is 2. The van der Waals surface area contributed by atoms with E-state index in [1.165, 1.54) is 0 Å². The average Bonchev–Trinajstić information content (AvgIpc) is 3.26. The minimum absolute atomic E-state index is 0.655. The average molecular weight is 305 g/mol. The van der Waals surface area contributed by atoms with Crippen LogP contribution in [-0.2, 0) is 6.42 Å². The first-order valence-corrected chi connectivity index (χ1v) is 7.38. The zero-order valence-corrected chi connectivity index (χ0v) is 12.3. The molecule has 0 amide bonds. The second-order valence-electron chi connectivity index (χ2n) is 5.12. The lowest BCUT2D eigenvalue weighted by molar-refractivity contribution is 0.968. The van der Waals surface area contributed by atoms with Crippen LogP contribution in [0.4, 0.5) is 5.82 Å². The topological polar surface area (TPSA) is 95.2 Å². The molecule has 0 spiro atoms. The van der Waals surface area contributed by atoms with Crippen molar-refractivity contribution in [1.29, 1.82) is 0 Å². The first kappa shape index (κ1) is 13.4. The smallest absolute Gasteiger partial charge is 0.183 e. The number of rotatable bonds is 5. The molecule has 114 valence electrons. The molecule has 0 aliphatic heterocycles. The van der Waals surface area contributed by atoms with Crippen molar-refractivity contribution >= 4 is 17.0 Å². The summed E-state index contributed by atoms with van der Waals surface area (Å²) < 4.78 is 0. The van der Waals surface area contributed by atoms with Crippen molar-refractivity contribution in [3.05, 3.63) is 54.9 Å². The molecule has 1 aromatic carbocycles. The summed E-state index contributed by atoms with van der Waals surface area (Å²) >= 11 is 0. The van der Waals surface area contributed by atoms with Crippen LogP contribution >= 0.6 is 0 Å². The molecule has 0 saturated heterocycles. The van der Waals surface area contributed by atoms with Gasteiger partial charge in [0.1, 0.15) is 5.52 Å². The molecule has 7 heteroatoms. The number of nitrogens with zero attached hydrogens (tertiary/aromatic N) is 4. The normalized spacial score (nSPS) is 11.0. The molecule has 4 aromatic rings. The van der Waals surface area contributed by atoms with Gasteiger partial charge in [0.15, 0.2) is 17.3 Å². The molecule has 23 heavy (non-hydrogen) atoms. The van der Waals surface area contributed by atoms with E-state index in [1.807, 2.05) is 36.5 Å². The Labute approximate surface area is 132 Å². The number of fused-ring (bicyclic) bond motifs is 1. The van der Waals surface area contributed by atoms with Crippen molar-refractivity contribution in [3.8, 4) is 11.4 Å².